The van der Waals surface area contributed by atoms with Crippen molar-refractivity contribution in [2.24, 2.45) is 0 Å². The van der Waals surface area contributed by atoms with Crippen LogP contribution < -0.4 is 5.32 Å². The smallest absolute Gasteiger partial charge is 0.396 e. The number of thiazole rings is 1. The van der Waals surface area contributed by atoms with Crippen molar-refractivity contribution < 1.29 is 14.3 Å². The van der Waals surface area contributed by atoms with E-state index in [-0.39, 0.29) is 0 Å². The minimum atomic E-state index is -0.871. The molecule has 6 heteroatoms. The van der Waals surface area contributed by atoms with E-state index in [2.05, 4.69) is 15.0 Å². The Labute approximate surface area is 85.1 Å². The molecule has 0 aromatic carbocycles. The number of nitrogens with zero attached hydrogens (tertiary/aromatic N) is 1. The Morgan fingerprint density at radius 1 is 1.64 bits per heavy atom. The van der Waals surface area contributed by atoms with Gasteiger partial charge in [0.15, 0.2) is 0 Å². The van der Waals surface area contributed by atoms with Crippen molar-refractivity contribution in [2.75, 3.05) is 13.7 Å². The predicted molar refractivity (Wildman–Crippen MR) is 50.8 cm³/mol. The molecule has 1 rings (SSSR count). The Kier molecular flexibility index (Phi) is 4.06. The van der Waals surface area contributed by atoms with Crippen molar-refractivity contribution in [3.63, 3.8) is 0 Å². The van der Waals surface area contributed by atoms with Crippen molar-refractivity contribution in [3.8, 4) is 0 Å². The zero-order valence-electron chi connectivity index (χ0n) is 7.65. The van der Waals surface area contributed by atoms with Gasteiger partial charge in [-0.2, -0.15) is 0 Å². The number of amides is 1. The first-order valence-electron chi connectivity index (χ1n) is 3.98. The highest BCUT2D eigenvalue weighted by Gasteiger charge is 2.12. The molecule has 1 N–H and O–H groups in total. The zero-order chi connectivity index (χ0) is 10.4. The van der Waals surface area contributed by atoms with Gasteiger partial charge in [0.25, 0.3) is 0 Å². The van der Waals surface area contributed by atoms with Crippen LogP contribution in [-0.2, 0) is 20.7 Å². The van der Waals surface area contributed by atoms with Crippen LogP contribution in [0.25, 0.3) is 0 Å². The van der Waals surface area contributed by atoms with E-state index < -0.39 is 11.9 Å². The monoisotopic (exact) mass is 214 g/mol. The lowest BCUT2D eigenvalue weighted by molar-refractivity contribution is -0.152. The highest BCUT2D eigenvalue weighted by molar-refractivity contribution is 7.09. The standard InChI is InChI=1S/C8H10N2O3S/c1-13-8(12)7(11)10-3-2-6-9-4-5-14-6/h4-5H,2-3H2,1H3,(H,10,11). The molecule has 0 atom stereocenters. The maximum atomic E-state index is 10.9. The number of aromatic nitrogens is 1. The van der Waals surface area contributed by atoms with Crippen molar-refractivity contribution in [2.45, 2.75) is 6.42 Å². The van der Waals surface area contributed by atoms with Gasteiger partial charge in [-0.15, -0.1) is 11.3 Å². The number of hydrogen-bond donors (Lipinski definition) is 1. The number of esters is 1. The molecule has 0 bridgehead atoms. The van der Waals surface area contributed by atoms with E-state index in [0.717, 1.165) is 5.01 Å². The highest BCUT2D eigenvalue weighted by atomic mass is 32.1. The summed E-state index contributed by atoms with van der Waals surface area (Å²) in [6, 6.07) is 0. The summed E-state index contributed by atoms with van der Waals surface area (Å²) in [5, 5.41) is 5.21. The molecule has 0 aliphatic rings. The Bertz CT molecular complexity index is 310. The molecule has 0 radical (unpaired) electrons. The van der Waals surface area contributed by atoms with E-state index in [9.17, 15) is 9.59 Å². The van der Waals surface area contributed by atoms with Gasteiger partial charge in [0, 0.05) is 24.5 Å². The van der Waals surface area contributed by atoms with Gasteiger partial charge in [-0.1, -0.05) is 0 Å². The Morgan fingerprint density at radius 2 is 2.43 bits per heavy atom. The number of hydrogen-bond acceptors (Lipinski definition) is 5. The predicted octanol–water partition coefficient (Wildman–Crippen LogP) is -0.0252. The van der Waals surface area contributed by atoms with E-state index in [1.165, 1.54) is 18.4 Å². The first-order valence-corrected chi connectivity index (χ1v) is 4.86. The van der Waals surface area contributed by atoms with E-state index in [1.54, 1.807) is 6.20 Å². The number of carbonyl (C=O) groups excluding carboxylic acids is 2. The molecule has 0 saturated carbocycles. The molecule has 0 aliphatic carbocycles. The number of rotatable bonds is 3. The normalized spacial score (nSPS) is 9.50. The molecule has 14 heavy (non-hydrogen) atoms. The Hall–Kier alpha value is -1.43. The molecule has 0 unspecified atom stereocenters. The second-order valence-corrected chi connectivity index (χ2v) is 3.40. The molecule has 0 fully saturated rings. The lowest BCUT2D eigenvalue weighted by Crippen LogP contribution is -2.33. The van der Waals surface area contributed by atoms with Gasteiger partial charge in [-0.25, -0.2) is 9.78 Å². The van der Waals surface area contributed by atoms with Crippen LogP contribution in [0.3, 0.4) is 0 Å². The zero-order valence-corrected chi connectivity index (χ0v) is 8.47. The summed E-state index contributed by atoms with van der Waals surface area (Å²) in [6.45, 7) is 0.390. The summed E-state index contributed by atoms with van der Waals surface area (Å²) < 4.78 is 4.24. The molecule has 1 aromatic heterocycles. The third-order valence-corrected chi connectivity index (χ3v) is 2.32. The summed E-state index contributed by atoms with van der Waals surface area (Å²) in [4.78, 5) is 25.6. The first kappa shape index (κ1) is 10.6. The second-order valence-electron chi connectivity index (χ2n) is 2.42. The van der Waals surface area contributed by atoms with E-state index >= 15 is 0 Å². The molecular weight excluding hydrogens is 204 g/mol. The summed E-state index contributed by atoms with van der Waals surface area (Å²) in [7, 11) is 1.17. The van der Waals surface area contributed by atoms with Crippen LogP contribution in [0.15, 0.2) is 11.6 Å². The van der Waals surface area contributed by atoms with Crippen LogP contribution >= 0.6 is 11.3 Å². The SMILES string of the molecule is COC(=O)C(=O)NCCc1nccs1. The number of carbonyl (C=O) groups is 2. The summed E-state index contributed by atoms with van der Waals surface area (Å²) in [5.74, 6) is -1.59. The maximum absolute atomic E-state index is 10.9. The number of nitrogens with one attached hydrogen (secondary N) is 1. The summed E-state index contributed by atoms with van der Waals surface area (Å²) in [6.07, 6.45) is 2.32. The lowest BCUT2D eigenvalue weighted by Gasteiger charge is -2.00. The van der Waals surface area contributed by atoms with Gasteiger partial charge in [0.05, 0.1) is 12.1 Å². The fourth-order valence-electron chi connectivity index (χ4n) is 0.824. The topological polar surface area (TPSA) is 68.3 Å². The van der Waals surface area contributed by atoms with Crippen LogP contribution in [0, 0.1) is 0 Å². The fourth-order valence-corrected chi connectivity index (χ4v) is 1.44. The molecule has 76 valence electrons. The Morgan fingerprint density at radius 3 is 3.00 bits per heavy atom. The minimum absolute atomic E-state index is 0.390. The second kappa shape index (κ2) is 5.33. The third-order valence-electron chi connectivity index (χ3n) is 1.48. The quantitative estimate of drug-likeness (QED) is 0.567. The number of methoxy groups -OCH3 is 1. The molecule has 0 aliphatic heterocycles. The Balaban J connectivity index is 2.22. The van der Waals surface area contributed by atoms with Crippen molar-refractivity contribution in [1.29, 1.82) is 0 Å². The lowest BCUT2D eigenvalue weighted by atomic mass is 10.4. The van der Waals surface area contributed by atoms with Crippen LogP contribution in [0.1, 0.15) is 5.01 Å². The van der Waals surface area contributed by atoms with Gasteiger partial charge in [0.1, 0.15) is 0 Å². The van der Waals surface area contributed by atoms with Gasteiger partial charge >= 0.3 is 11.9 Å². The molecular formula is C8H10N2O3S. The summed E-state index contributed by atoms with van der Waals surface area (Å²) in [5.41, 5.74) is 0. The largest absolute Gasteiger partial charge is 0.462 e. The average Bonchev–Trinajstić information content (AvgIpc) is 2.69. The molecule has 1 heterocycles. The van der Waals surface area contributed by atoms with Crippen LogP contribution in [0.2, 0.25) is 0 Å². The van der Waals surface area contributed by atoms with Crippen LogP contribution in [0.5, 0.6) is 0 Å². The molecule has 5 nitrogen and oxygen atoms in total. The van der Waals surface area contributed by atoms with E-state index in [1.807, 2.05) is 5.38 Å². The third kappa shape index (κ3) is 3.14. The minimum Gasteiger partial charge on any atom is -0.462 e. The summed E-state index contributed by atoms with van der Waals surface area (Å²) >= 11 is 1.51. The van der Waals surface area contributed by atoms with Gasteiger partial charge < -0.3 is 10.1 Å². The van der Waals surface area contributed by atoms with Crippen LogP contribution in [0.4, 0.5) is 0 Å². The van der Waals surface area contributed by atoms with Crippen molar-refractivity contribution >= 4 is 23.2 Å². The van der Waals surface area contributed by atoms with Crippen molar-refractivity contribution in [3.05, 3.63) is 16.6 Å². The van der Waals surface area contributed by atoms with Gasteiger partial charge in [-0.05, 0) is 0 Å². The van der Waals surface area contributed by atoms with Crippen molar-refractivity contribution in [1.82, 2.24) is 10.3 Å². The first-order chi connectivity index (χ1) is 6.74. The van der Waals surface area contributed by atoms with E-state index in [0.29, 0.717) is 13.0 Å². The molecule has 0 spiro atoms. The fraction of sp³-hybridized carbons (Fsp3) is 0.375. The van der Waals surface area contributed by atoms with Crippen LogP contribution in [-0.4, -0.2) is 30.5 Å². The van der Waals surface area contributed by atoms with E-state index in [4.69, 9.17) is 0 Å². The maximum Gasteiger partial charge on any atom is 0.396 e. The molecule has 1 aromatic rings. The average molecular weight is 214 g/mol. The highest BCUT2D eigenvalue weighted by Crippen LogP contribution is 2.03. The van der Waals surface area contributed by atoms with Gasteiger partial charge in [-0.3, -0.25) is 4.79 Å². The van der Waals surface area contributed by atoms with Gasteiger partial charge in [0.2, 0.25) is 0 Å². The molecule has 0 saturated heterocycles. The molecule has 1 amide bonds. The number of ether oxygens (including phenoxy) is 1.